The summed E-state index contributed by atoms with van der Waals surface area (Å²) < 4.78 is 12.7. The summed E-state index contributed by atoms with van der Waals surface area (Å²) in [6, 6.07) is 20.8. The molecule has 4 N–H and O–H groups in total. The van der Waals surface area contributed by atoms with Crippen LogP contribution in [0.3, 0.4) is 0 Å². The summed E-state index contributed by atoms with van der Waals surface area (Å²) in [5.74, 6) is -0.172. The number of rotatable bonds is 6. The van der Waals surface area contributed by atoms with E-state index in [4.69, 9.17) is 20.6 Å². The Labute approximate surface area is 206 Å². The average molecular weight is 483 g/mol. The molecule has 3 atom stereocenters. The van der Waals surface area contributed by atoms with Crippen molar-refractivity contribution in [2.45, 2.75) is 83.0 Å². The van der Waals surface area contributed by atoms with Crippen molar-refractivity contribution in [1.29, 1.82) is 0 Å². The summed E-state index contributed by atoms with van der Waals surface area (Å²) in [4.78, 5) is 12.8. The van der Waals surface area contributed by atoms with Gasteiger partial charge in [0.15, 0.2) is 0 Å². The summed E-state index contributed by atoms with van der Waals surface area (Å²) in [6.45, 7) is 13.0. The van der Waals surface area contributed by atoms with Crippen LogP contribution in [0.2, 0.25) is 5.04 Å². The molecule has 3 unspecified atom stereocenters. The Bertz CT molecular complexity index is 914. The third-order valence-corrected chi connectivity index (χ3v) is 12.0. The van der Waals surface area contributed by atoms with E-state index in [0.29, 0.717) is 19.4 Å². The number of carbonyl (C=O) groups is 1. The summed E-state index contributed by atoms with van der Waals surface area (Å²) >= 11 is 0. The molecule has 1 fully saturated rings. The van der Waals surface area contributed by atoms with Gasteiger partial charge in [-0.05, 0) is 61.4 Å². The number of nitrogens with two attached hydrogens (primary N) is 2. The highest BCUT2D eigenvalue weighted by Gasteiger charge is 2.52. The molecule has 0 saturated heterocycles. The molecule has 0 aliphatic heterocycles. The van der Waals surface area contributed by atoms with Gasteiger partial charge in [-0.3, -0.25) is 0 Å². The molecule has 0 amide bonds. The third kappa shape index (κ3) is 5.46. The number of benzene rings is 2. The van der Waals surface area contributed by atoms with Gasteiger partial charge in [-0.2, -0.15) is 0 Å². The highest BCUT2D eigenvalue weighted by atomic mass is 28.4. The number of esters is 1. The Kier molecular flexibility index (Phi) is 7.78. The first-order valence-electron chi connectivity index (χ1n) is 12.3. The molecule has 3 rings (SSSR count). The molecule has 186 valence electrons. The predicted octanol–water partition coefficient (Wildman–Crippen LogP) is 3.73. The van der Waals surface area contributed by atoms with Crippen LogP contribution in [0.25, 0.3) is 0 Å². The fourth-order valence-electron chi connectivity index (χ4n) is 5.10. The van der Waals surface area contributed by atoms with Crippen LogP contribution in [0.5, 0.6) is 0 Å². The van der Waals surface area contributed by atoms with E-state index in [1.165, 1.54) is 10.4 Å². The number of hydrogen-bond donors (Lipinski definition) is 2. The number of carbonyl (C=O) groups excluding carboxylic acids is 1. The molecule has 34 heavy (non-hydrogen) atoms. The Morgan fingerprint density at radius 1 is 0.971 bits per heavy atom. The molecule has 0 aromatic heterocycles. The van der Waals surface area contributed by atoms with Crippen LogP contribution in [-0.2, 0) is 14.0 Å². The Hall–Kier alpha value is -1.99. The molecule has 2 aromatic carbocycles. The quantitative estimate of drug-likeness (QED) is 0.484. The largest absolute Gasteiger partial charge is 0.459 e. The SMILES string of the molecule is CC(C)(C)OC(=O)C1(N)CCC(CO[Si](c2ccccc2)(c2ccccc2)C(C)(C)C)CC1N. The van der Waals surface area contributed by atoms with E-state index in [2.05, 4.69) is 69.3 Å². The van der Waals surface area contributed by atoms with Gasteiger partial charge in [0, 0.05) is 12.6 Å². The zero-order chi connectivity index (χ0) is 25.2. The van der Waals surface area contributed by atoms with Gasteiger partial charge in [0.05, 0.1) is 0 Å². The lowest BCUT2D eigenvalue weighted by molar-refractivity contribution is -0.164. The smallest absolute Gasteiger partial charge is 0.328 e. The number of ether oxygens (including phenoxy) is 1. The summed E-state index contributed by atoms with van der Waals surface area (Å²) in [5, 5.41) is 2.44. The minimum atomic E-state index is -2.61. The van der Waals surface area contributed by atoms with Crippen molar-refractivity contribution in [3.05, 3.63) is 60.7 Å². The third-order valence-electron chi connectivity index (χ3n) is 6.95. The lowest BCUT2D eigenvalue weighted by Crippen LogP contribution is -2.67. The first-order chi connectivity index (χ1) is 15.8. The molecular formula is C28H42N2O3Si. The molecule has 1 aliphatic carbocycles. The van der Waals surface area contributed by atoms with Gasteiger partial charge in [-0.15, -0.1) is 0 Å². The van der Waals surface area contributed by atoms with E-state index in [9.17, 15) is 4.79 Å². The molecule has 2 aromatic rings. The first-order valence-corrected chi connectivity index (χ1v) is 14.2. The Balaban J connectivity index is 1.84. The summed E-state index contributed by atoms with van der Waals surface area (Å²) in [6.07, 6.45) is 1.91. The molecular weight excluding hydrogens is 440 g/mol. The van der Waals surface area contributed by atoms with Crippen LogP contribution in [0.15, 0.2) is 60.7 Å². The molecule has 0 heterocycles. The second kappa shape index (κ2) is 9.94. The summed E-state index contributed by atoms with van der Waals surface area (Å²) in [7, 11) is -2.61. The second-order valence-corrected chi connectivity index (χ2v) is 16.1. The van der Waals surface area contributed by atoms with Crippen molar-refractivity contribution in [2.75, 3.05) is 6.61 Å². The van der Waals surface area contributed by atoms with Gasteiger partial charge in [-0.25, -0.2) is 4.79 Å². The topological polar surface area (TPSA) is 87.6 Å². The second-order valence-electron chi connectivity index (χ2n) is 11.8. The van der Waals surface area contributed by atoms with Crippen LogP contribution < -0.4 is 21.8 Å². The van der Waals surface area contributed by atoms with Crippen molar-refractivity contribution in [1.82, 2.24) is 0 Å². The molecule has 0 bridgehead atoms. The lowest BCUT2D eigenvalue weighted by Gasteiger charge is -2.45. The highest BCUT2D eigenvalue weighted by Crippen LogP contribution is 2.38. The average Bonchev–Trinajstić information content (AvgIpc) is 2.76. The van der Waals surface area contributed by atoms with E-state index in [1.54, 1.807) is 0 Å². The minimum Gasteiger partial charge on any atom is -0.459 e. The molecule has 1 aliphatic rings. The van der Waals surface area contributed by atoms with Crippen molar-refractivity contribution in [3.8, 4) is 0 Å². The fraction of sp³-hybridized carbons (Fsp3) is 0.536. The van der Waals surface area contributed by atoms with E-state index < -0.39 is 31.5 Å². The van der Waals surface area contributed by atoms with Gasteiger partial charge in [0.2, 0.25) is 0 Å². The van der Waals surface area contributed by atoms with Crippen molar-refractivity contribution in [2.24, 2.45) is 17.4 Å². The van der Waals surface area contributed by atoms with Gasteiger partial charge >= 0.3 is 5.97 Å². The van der Waals surface area contributed by atoms with Gasteiger partial charge in [0.25, 0.3) is 8.32 Å². The molecule has 6 heteroatoms. The standard InChI is InChI=1S/C28H42N2O3Si/c1-26(2,3)33-25(31)28(30)18-17-21(19-24(28)29)20-32-34(27(4,5)6,22-13-9-7-10-14-22)23-15-11-8-12-16-23/h7-16,21,24H,17-20,29-30H2,1-6H3. The Morgan fingerprint density at radius 2 is 1.47 bits per heavy atom. The summed E-state index contributed by atoms with van der Waals surface area (Å²) in [5.41, 5.74) is 11.3. The van der Waals surface area contributed by atoms with Crippen LogP contribution in [0.4, 0.5) is 0 Å². The molecule has 1 saturated carbocycles. The van der Waals surface area contributed by atoms with Crippen molar-refractivity contribution < 1.29 is 14.0 Å². The van der Waals surface area contributed by atoms with Crippen molar-refractivity contribution >= 4 is 24.7 Å². The van der Waals surface area contributed by atoms with E-state index in [0.717, 1.165) is 6.42 Å². The van der Waals surface area contributed by atoms with E-state index in [-0.39, 0.29) is 11.0 Å². The van der Waals surface area contributed by atoms with Gasteiger partial charge < -0.3 is 20.6 Å². The molecule has 0 spiro atoms. The normalized spacial score (nSPS) is 24.0. The van der Waals surface area contributed by atoms with Crippen LogP contribution in [0.1, 0.15) is 60.8 Å². The maximum atomic E-state index is 12.8. The number of hydrogen-bond acceptors (Lipinski definition) is 5. The van der Waals surface area contributed by atoms with Crippen LogP contribution in [-0.4, -0.2) is 38.1 Å². The van der Waals surface area contributed by atoms with Crippen LogP contribution >= 0.6 is 0 Å². The van der Waals surface area contributed by atoms with Crippen molar-refractivity contribution in [3.63, 3.8) is 0 Å². The Morgan fingerprint density at radius 3 is 1.88 bits per heavy atom. The maximum absolute atomic E-state index is 12.8. The zero-order valence-electron chi connectivity index (χ0n) is 21.6. The van der Waals surface area contributed by atoms with E-state index >= 15 is 0 Å². The first kappa shape index (κ1) is 26.6. The van der Waals surface area contributed by atoms with Gasteiger partial charge in [-0.1, -0.05) is 81.4 Å². The van der Waals surface area contributed by atoms with Crippen LogP contribution in [0, 0.1) is 5.92 Å². The molecule has 5 nitrogen and oxygen atoms in total. The lowest BCUT2D eigenvalue weighted by atomic mass is 9.74. The fourth-order valence-corrected chi connectivity index (χ4v) is 9.74. The predicted molar refractivity (Wildman–Crippen MR) is 142 cm³/mol. The maximum Gasteiger partial charge on any atom is 0.328 e. The van der Waals surface area contributed by atoms with Gasteiger partial charge in [0.1, 0.15) is 11.1 Å². The monoisotopic (exact) mass is 482 g/mol. The zero-order valence-corrected chi connectivity index (χ0v) is 22.6. The highest BCUT2D eigenvalue weighted by molar-refractivity contribution is 6.99. The molecule has 0 radical (unpaired) electrons. The van der Waals surface area contributed by atoms with E-state index in [1.807, 2.05) is 32.9 Å². The minimum absolute atomic E-state index is 0.0827.